The number of piperidine rings is 1. The highest BCUT2D eigenvalue weighted by Crippen LogP contribution is 2.23. The maximum atomic E-state index is 11.7. The van der Waals surface area contributed by atoms with E-state index in [0.717, 1.165) is 45.3 Å². The van der Waals surface area contributed by atoms with Gasteiger partial charge in [-0.2, -0.15) is 0 Å². The first kappa shape index (κ1) is 13.4. The third-order valence-corrected chi connectivity index (χ3v) is 3.75. The Kier molecular flexibility index (Phi) is 4.62. The Bertz CT molecular complexity index is 347. The van der Waals surface area contributed by atoms with Crippen LogP contribution in [0, 0.1) is 17.8 Å². The van der Waals surface area contributed by atoms with Gasteiger partial charge in [-0.3, -0.25) is 9.69 Å². The summed E-state index contributed by atoms with van der Waals surface area (Å²) < 4.78 is 0. The first-order chi connectivity index (χ1) is 8.70. The van der Waals surface area contributed by atoms with Gasteiger partial charge in [-0.15, -0.1) is 5.92 Å². The third kappa shape index (κ3) is 3.72. The van der Waals surface area contributed by atoms with Gasteiger partial charge >= 0.3 is 0 Å². The second kappa shape index (κ2) is 6.21. The van der Waals surface area contributed by atoms with Crippen molar-refractivity contribution in [2.24, 2.45) is 5.92 Å². The first-order valence-electron chi connectivity index (χ1n) is 6.81. The zero-order valence-corrected chi connectivity index (χ0v) is 11.0. The summed E-state index contributed by atoms with van der Waals surface area (Å²) in [5.41, 5.74) is 0. The standard InChI is InChI=1S/C14H22N2O2/c1-2-3-8-16-9-6-11(7-10-16)13(17)14(18)15-12-4-5-12/h11-13,17H,4-10H2,1H3,(H,15,18). The van der Waals surface area contributed by atoms with E-state index in [1.54, 1.807) is 0 Å². The molecule has 1 unspecified atom stereocenters. The largest absolute Gasteiger partial charge is 0.383 e. The molecule has 18 heavy (non-hydrogen) atoms. The molecular formula is C14H22N2O2. The average Bonchev–Trinajstić information content (AvgIpc) is 3.20. The molecule has 0 aromatic rings. The van der Waals surface area contributed by atoms with Crippen molar-refractivity contribution in [1.29, 1.82) is 0 Å². The van der Waals surface area contributed by atoms with Gasteiger partial charge in [-0.25, -0.2) is 0 Å². The van der Waals surface area contributed by atoms with E-state index in [0.29, 0.717) is 6.04 Å². The minimum atomic E-state index is -0.829. The van der Waals surface area contributed by atoms with Gasteiger partial charge in [-0.1, -0.05) is 5.92 Å². The van der Waals surface area contributed by atoms with Crippen LogP contribution in [0.5, 0.6) is 0 Å². The van der Waals surface area contributed by atoms with Crippen LogP contribution in [0.15, 0.2) is 0 Å². The molecule has 1 aliphatic carbocycles. The zero-order chi connectivity index (χ0) is 13.0. The van der Waals surface area contributed by atoms with Gasteiger partial charge < -0.3 is 10.4 Å². The highest BCUT2D eigenvalue weighted by Gasteiger charge is 2.32. The van der Waals surface area contributed by atoms with E-state index in [1.165, 1.54) is 0 Å². The van der Waals surface area contributed by atoms with Crippen LogP contribution in [0.2, 0.25) is 0 Å². The number of carbonyl (C=O) groups is 1. The number of likely N-dealkylation sites (tertiary alicyclic amines) is 1. The summed E-state index contributed by atoms with van der Waals surface area (Å²) in [5, 5.41) is 12.9. The minimum absolute atomic E-state index is 0.106. The molecule has 0 aromatic carbocycles. The number of aliphatic hydroxyl groups excluding tert-OH is 1. The molecule has 1 saturated heterocycles. The monoisotopic (exact) mass is 250 g/mol. The van der Waals surface area contributed by atoms with Crippen LogP contribution in [0.1, 0.15) is 32.6 Å². The maximum Gasteiger partial charge on any atom is 0.249 e. The van der Waals surface area contributed by atoms with Crippen molar-refractivity contribution in [2.45, 2.75) is 44.8 Å². The van der Waals surface area contributed by atoms with Gasteiger partial charge in [0.2, 0.25) is 5.91 Å². The summed E-state index contributed by atoms with van der Waals surface area (Å²) in [6.07, 6.45) is 3.05. The molecule has 2 rings (SSSR count). The van der Waals surface area contributed by atoms with Gasteiger partial charge in [0.15, 0.2) is 0 Å². The molecule has 2 N–H and O–H groups in total. The Morgan fingerprint density at radius 3 is 2.61 bits per heavy atom. The highest BCUT2D eigenvalue weighted by molar-refractivity contribution is 5.81. The molecule has 0 radical (unpaired) electrons. The molecule has 1 heterocycles. The van der Waals surface area contributed by atoms with E-state index < -0.39 is 6.10 Å². The predicted octanol–water partition coefficient (Wildman–Crippen LogP) is 0.361. The lowest BCUT2D eigenvalue weighted by Gasteiger charge is -2.32. The van der Waals surface area contributed by atoms with Crippen LogP contribution in [0.25, 0.3) is 0 Å². The van der Waals surface area contributed by atoms with Crippen LogP contribution in [-0.2, 0) is 4.79 Å². The molecular weight excluding hydrogens is 228 g/mol. The molecule has 1 amide bonds. The number of hydrogen-bond acceptors (Lipinski definition) is 3. The van der Waals surface area contributed by atoms with Gasteiger partial charge in [0, 0.05) is 6.04 Å². The second-order valence-electron chi connectivity index (χ2n) is 5.27. The Labute approximate surface area is 109 Å². The van der Waals surface area contributed by atoms with Crippen molar-refractivity contribution in [3.63, 3.8) is 0 Å². The van der Waals surface area contributed by atoms with Crippen molar-refractivity contribution in [1.82, 2.24) is 10.2 Å². The molecule has 1 aliphatic heterocycles. The van der Waals surface area contributed by atoms with E-state index in [-0.39, 0.29) is 11.8 Å². The van der Waals surface area contributed by atoms with Gasteiger partial charge in [0.05, 0.1) is 6.54 Å². The van der Waals surface area contributed by atoms with E-state index >= 15 is 0 Å². The Morgan fingerprint density at radius 2 is 2.06 bits per heavy atom. The van der Waals surface area contributed by atoms with Crippen molar-refractivity contribution in [2.75, 3.05) is 19.6 Å². The molecule has 0 spiro atoms. The number of nitrogens with zero attached hydrogens (tertiary/aromatic N) is 1. The fraction of sp³-hybridized carbons (Fsp3) is 0.786. The summed E-state index contributed by atoms with van der Waals surface area (Å²) in [5.74, 6) is 5.87. The van der Waals surface area contributed by atoms with E-state index in [1.807, 2.05) is 6.92 Å². The summed E-state index contributed by atoms with van der Waals surface area (Å²) >= 11 is 0. The lowest BCUT2D eigenvalue weighted by molar-refractivity contribution is -0.133. The van der Waals surface area contributed by atoms with Crippen LogP contribution in [0.3, 0.4) is 0 Å². The van der Waals surface area contributed by atoms with Crippen molar-refractivity contribution in [3.05, 3.63) is 0 Å². The number of aliphatic hydroxyl groups is 1. The van der Waals surface area contributed by atoms with Gasteiger partial charge in [0.1, 0.15) is 6.10 Å². The summed E-state index contributed by atoms with van der Waals surface area (Å²) in [7, 11) is 0. The van der Waals surface area contributed by atoms with E-state index in [9.17, 15) is 9.90 Å². The van der Waals surface area contributed by atoms with Crippen LogP contribution in [0.4, 0.5) is 0 Å². The Hall–Kier alpha value is -1.05. The fourth-order valence-electron chi connectivity index (χ4n) is 2.35. The molecule has 2 aliphatic rings. The van der Waals surface area contributed by atoms with Crippen molar-refractivity contribution < 1.29 is 9.90 Å². The summed E-state index contributed by atoms with van der Waals surface area (Å²) in [6, 6.07) is 0.326. The maximum absolute atomic E-state index is 11.7. The first-order valence-corrected chi connectivity index (χ1v) is 6.81. The van der Waals surface area contributed by atoms with E-state index in [4.69, 9.17) is 0 Å². The van der Waals surface area contributed by atoms with Crippen LogP contribution in [-0.4, -0.2) is 47.7 Å². The minimum Gasteiger partial charge on any atom is -0.383 e. The average molecular weight is 250 g/mol. The van der Waals surface area contributed by atoms with Crippen molar-refractivity contribution in [3.8, 4) is 11.8 Å². The molecule has 0 aromatic heterocycles. The van der Waals surface area contributed by atoms with Crippen LogP contribution >= 0.6 is 0 Å². The molecule has 100 valence electrons. The quantitative estimate of drug-likeness (QED) is 0.708. The predicted molar refractivity (Wildman–Crippen MR) is 69.8 cm³/mol. The van der Waals surface area contributed by atoms with Gasteiger partial charge in [0.25, 0.3) is 0 Å². The topological polar surface area (TPSA) is 52.6 Å². The lowest BCUT2D eigenvalue weighted by atomic mass is 9.90. The summed E-state index contributed by atoms with van der Waals surface area (Å²) in [6.45, 7) is 4.49. The smallest absolute Gasteiger partial charge is 0.249 e. The number of hydrogen-bond donors (Lipinski definition) is 2. The molecule has 1 atom stereocenters. The van der Waals surface area contributed by atoms with E-state index in [2.05, 4.69) is 22.1 Å². The van der Waals surface area contributed by atoms with Crippen molar-refractivity contribution >= 4 is 5.91 Å². The zero-order valence-electron chi connectivity index (χ0n) is 11.0. The summed E-state index contributed by atoms with van der Waals surface area (Å²) in [4.78, 5) is 14.0. The molecule has 0 bridgehead atoms. The Balaban J connectivity index is 1.73. The molecule has 1 saturated carbocycles. The fourth-order valence-corrected chi connectivity index (χ4v) is 2.35. The number of nitrogens with one attached hydrogen (secondary N) is 1. The highest BCUT2D eigenvalue weighted by atomic mass is 16.3. The van der Waals surface area contributed by atoms with Crippen LogP contribution < -0.4 is 5.32 Å². The number of rotatable bonds is 4. The van der Waals surface area contributed by atoms with Gasteiger partial charge in [-0.05, 0) is 51.6 Å². The SMILES string of the molecule is CC#CCN1CCC(C(O)C(=O)NC2CC2)CC1. The molecule has 4 nitrogen and oxygen atoms in total. The lowest BCUT2D eigenvalue weighted by Crippen LogP contribution is -2.45. The third-order valence-electron chi connectivity index (χ3n) is 3.75. The molecule has 2 fully saturated rings. The number of carbonyl (C=O) groups excluding carboxylic acids is 1. The second-order valence-corrected chi connectivity index (χ2v) is 5.27. The Morgan fingerprint density at radius 1 is 1.39 bits per heavy atom. The number of amides is 1. The molecule has 4 heteroatoms. The normalized spacial score (nSPS) is 23.0.